The number of allylic oxidation sites excluding steroid dienone is 4. The second-order valence-corrected chi connectivity index (χ2v) is 2.79. The Morgan fingerprint density at radius 1 is 1.73 bits per heavy atom. The second kappa shape index (κ2) is 3.25. The van der Waals surface area contributed by atoms with E-state index in [1.165, 1.54) is 0 Å². The van der Waals surface area contributed by atoms with Crippen LogP contribution in [0, 0.1) is 11.3 Å². The zero-order valence-electron chi connectivity index (χ0n) is 6.72. The van der Waals surface area contributed by atoms with E-state index in [9.17, 15) is 0 Å². The summed E-state index contributed by atoms with van der Waals surface area (Å²) in [5.74, 6) is 0. The molecule has 0 radical (unpaired) electrons. The van der Waals surface area contributed by atoms with Crippen LogP contribution in [0.1, 0.15) is 26.2 Å². The number of nitrogens with two attached hydrogens (primary N) is 1. The summed E-state index contributed by atoms with van der Waals surface area (Å²) in [6.07, 6.45) is 5.37. The lowest BCUT2D eigenvalue weighted by Crippen LogP contribution is -1.98. The third-order valence-electron chi connectivity index (χ3n) is 1.87. The minimum absolute atomic E-state index is 0.639. The van der Waals surface area contributed by atoms with Crippen LogP contribution in [-0.2, 0) is 0 Å². The fourth-order valence-corrected chi connectivity index (χ4v) is 1.31. The first-order chi connectivity index (χ1) is 5.25. The molecule has 1 rings (SSSR count). The molecule has 58 valence electrons. The zero-order chi connectivity index (χ0) is 8.27. The maximum atomic E-state index is 8.73. The van der Waals surface area contributed by atoms with Crippen molar-refractivity contribution >= 4 is 0 Å². The average molecular weight is 148 g/mol. The van der Waals surface area contributed by atoms with Gasteiger partial charge in [0, 0.05) is 5.70 Å². The minimum Gasteiger partial charge on any atom is -0.401 e. The Bertz CT molecular complexity index is 249. The van der Waals surface area contributed by atoms with Gasteiger partial charge < -0.3 is 5.73 Å². The molecule has 2 heteroatoms. The van der Waals surface area contributed by atoms with E-state index in [2.05, 4.69) is 12.1 Å². The van der Waals surface area contributed by atoms with Crippen LogP contribution >= 0.6 is 0 Å². The third kappa shape index (κ3) is 1.62. The summed E-state index contributed by atoms with van der Waals surface area (Å²) in [7, 11) is 0. The Morgan fingerprint density at radius 2 is 2.45 bits per heavy atom. The molecule has 0 saturated carbocycles. The van der Waals surface area contributed by atoms with Crippen molar-refractivity contribution in [3.63, 3.8) is 0 Å². The molecule has 1 aliphatic rings. The molecule has 0 fully saturated rings. The Balaban J connectivity index is 2.89. The smallest absolute Gasteiger partial charge is 0.101 e. The van der Waals surface area contributed by atoms with Crippen LogP contribution in [0.15, 0.2) is 22.9 Å². The van der Waals surface area contributed by atoms with Gasteiger partial charge in [-0.3, -0.25) is 0 Å². The number of rotatable bonds is 1. The summed E-state index contributed by atoms with van der Waals surface area (Å²) in [5.41, 5.74) is 8.00. The molecule has 0 aromatic rings. The minimum atomic E-state index is 0.639. The molecule has 0 atom stereocenters. The van der Waals surface area contributed by atoms with E-state index in [1.54, 1.807) is 6.92 Å². The summed E-state index contributed by atoms with van der Waals surface area (Å²) in [4.78, 5) is 0. The van der Waals surface area contributed by atoms with Gasteiger partial charge in [0.15, 0.2) is 0 Å². The summed E-state index contributed by atoms with van der Waals surface area (Å²) in [6.45, 7) is 1.78. The maximum absolute atomic E-state index is 8.73. The molecule has 0 amide bonds. The third-order valence-corrected chi connectivity index (χ3v) is 1.87. The first-order valence-corrected chi connectivity index (χ1v) is 3.81. The Labute approximate surface area is 67.0 Å². The van der Waals surface area contributed by atoms with Crippen LogP contribution < -0.4 is 5.73 Å². The molecule has 0 bridgehead atoms. The molecule has 2 N–H and O–H groups in total. The fraction of sp³-hybridized carbons (Fsp3) is 0.444. The molecule has 1 aliphatic carbocycles. The molecule has 0 aromatic carbocycles. The van der Waals surface area contributed by atoms with E-state index >= 15 is 0 Å². The number of hydrogen-bond donors (Lipinski definition) is 1. The van der Waals surface area contributed by atoms with Gasteiger partial charge in [0.1, 0.15) is 6.07 Å². The monoisotopic (exact) mass is 148 g/mol. The van der Waals surface area contributed by atoms with Crippen LogP contribution in [0.2, 0.25) is 0 Å². The van der Waals surface area contributed by atoms with Crippen LogP contribution in [0.4, 0.5) is 0 Å². The lowest BCUT2D eigenvalue weighted by molar-refractivity contribution is 0.910. The molecule has 2 nitrogen and oxygen atoms in total. The van der Waals surface area contributed by atoms with Crippen molar-refractivity contribution in [3.8, 4) is 6.07 Å². The number of nitrogens with zero attached hydrogens (tertiary/aromatic N) is 1. The molecule has 0 saturated heterocycles. The Morgan fingerprint density at radius 3 is 2.82 bits per heavy atom. The molecule has 0 spiro atoms. The first kappa shape index (κ1) is 7.87. The van der Waals surface area contributed by atoms with Crippen molar-refractivity contribution in [2.75, 3.05) is 0 Å². The highest BCUT2D eigenvalue weighted by atomic mass is 14.6. The van der Waals surface area contributed by atoms with Crippen molar-refractivity contribution in [3.05, 3.63) is 22.9 Å². The van der Waals surface area contributed by atoms with Gasteiger partial charge in [0.2, 0.25) is 0 Å². The van der Waals surface area contributed by atoms with Crippen molar-refractivity contribution < 1.29 is 0 Å². The van der Waals surface area contributed by atoms with Gasteiger partial charge in [-0.05, 0) is 31.8 Å². The van der Waals surface area contributed by atoms with E-state index in [0.717, 1.165) is 24.8 Å². The van der Waals surface area contributed by atoms with E-state index in [1.807, 2.05) is 0 Å². The Hall–Kier alpha value is -1.23. The van der Waals surface area contributed by atoms with Crippen molar-refractivity contribution in [2.45, 2.75) is 26.2 Å². The van der Waals surface area contributed by atoms with Crippen LogP contribution in [0.3, 0.4) is 0 Å². The van der Waals surface area contributed by atoms with Gasteiger partial charge in [0.05, 0.1) is 5.57 Å². The normalized spacial score (nSPS) is 18.7. The zero-order valence-corrected chi connectivity index (χ0v) is 6.72. The van der Waals surface area contributed by atoms with Crippen LogP contribution in [0.25, 0.3) is 0 Å². The van der Waals surface area contributed by atoms with E-state index in [-0.39, 0.29) is 0 Å². The van der Waals surface area contributed by atoms with Gasteiger partial charge in [-0.15, -0.1) is 0 Å². The summed E-state index contributed by atoms with van der Waals surface area (Å²) >= 11 is 0. The van der Waals surface area contributed by atoms with E-state index in [4.69, 9.17) is 11.0 Å². The van der Waals surface area contributed by atoms with Gasteiger partial charge in [0.25, 0.3) is 0 Å². The van der Waals surface area contributed by atoms with Crippen molar-refractivity contribution in [1.82, 2.24) is 0 Å². The van der Waals surface area contributed by atoms with E-state index < -0.39 is 0 Å². The highest BCUT2D eigenvalue weighted by Gasteiger charge is 2.10. The molecule has 0 aliphatic heterocycles. The predicted molar refractivity (Wildman–Crippen MR) is 44.4 cm³/mol. The highest BCUT2D eigenvalue weighted by molar-refractivity contribution is 5.45. The molecule has 0 heterocycles. The van der Waals surface area contributed by atoms with Crippen LogP contribution in [0.5, 0.6) is 0 Å². The number of nitriles is 1. The van der Waals surface area contributed by atoms with E-state index in [0.29, 0.717) is 11.3 Å². The van der Waals surface area contributed by atoms with Gasteiger partial charge in [-0.2, -0.15) is 5.26 Å². The van der Waals surface area contributed by atoms with Gasteiger partial charge in [-0.25, -0.2) is 0 Å². The maximum Gasteiger partial charge on any atom is 0.101 e. The lowest BCUT2D eigenvalue weighted by atomic mass is 10.1. The molecule has 0 unspecified atom stereocenters. The standard InChI is InChI=1S/C9H12N2/c1-7(11)9(6-10)8-4-2-3-5-8/h4H,2-3,5,11H2,1H3. The van der Waals surface area contributed by atoms with Crippen molar-refractivity contribution in [1.29, 1.82) is 5.26 Å². The highest BCUT2D eigenvalue weighted by Crippen LogP contribution is 2.24. The molecular formula is C9H12N2. The largest absolute Gasteiger partial charge is 0.401 e. The van der Waals surface area contributed by atoms with Gasteiger partial charge in [-0.1, -0.05) is 6.08 Å². The van der Waals surface area contributed by atoms with Gasteiger partial charge >= 0.3 is 0 Å². The Kier molecular flexibility index (Phi) is 2.32. The predicted octanol–water partition coefficient (Wildman–Crippen LogP) is 1.85. The number of hydrogen-bond acceptors (Lipinski definition) is 2. The van der Waals surface area contributed by atoms with Crippen molar-refractivity contribution in [2.24, 2.45) is 5.73 Å². The quantitative estimate of drug-likeness (QED) is 0.577. The van der Waals surface area contributed by atoms with Crippen LogP contribution in [-0.4, -0.2) is 0 Å². The topological polar surface area (TPSA) is 49.8 Å². The summed E-state index contributed by atoms with van der Waals surface area (Å²) in [6, 6.07) is 2.13. The fourth-order valence-electron chi connectivity index (χ4n) is 1.31. The average Bonchev–Trinajstić information content (AvgIpc) is 2.40. The molecular weight excluding hydrogens is 136 g/mol. The summed E-state index contributed by atoms with van der Waals surface area (Å²) < 4.78 is 0. The first-order valence-electron chi connectivity index (χ1n) is 3.81. The molecule has 11 heavy (non-hydrogen) atoms. The lowest BCUT2D eigenvalue weighted by Gasteiger charge is -2.00. The molecule has 0 aromatic heterocycles. The summed E-state index contributed by atoms with van der Waals surface area (Å²) in [5, 5.41) is 8.73. The second-order valence-electron chi connectivity index (χ2n) is 2.79. The SMILES string of the molecule is CC(N)=C(C#N)C1=CCCC1.